The smallest absolute Gasteiger partial charge is 0.115 e. The van der Waals surface area contributed by atoms with Crippen molar-refractivity contribution in [2.24, 2.45) is 0 Å². The Bertz CT molecular complexity index is 454. The summed E-state index contributed by atoms with van der Waals surface area (Å²) in [6.07, 6.45) is 7.31. The average molecular weight is 275 g/mol. The third-order valence-electron chi connectivity index (χ3n) is 4.71. The van der Waals surface area contributed by atoms with Gasteiger partial charge in [0.15, 0.2) is 0 Å². The fourth-order valence-electron chi connectivity index (χ4n) is 3.63. The van der Waals surface area contributed by atoms with E-state index in [4.69, 9.17) is 4.74 Å². The molecule has 1 aliphatic heterocycles. The van der Waals surface area contributed by atoms with Gasteiger partial charge >= 0.3 is 0 Å². The van der Waals surface area contributed by atoms with E-state index in [1.165, 1.54) is 30.4 Å². The predicted molar refractivity (Wildman–Crippen MR) is 80.0 cm³/mol. The van der Waals surface area contributed by atoms with Crippen LogP contribution in [0, 0.1) is 0 Å². The first kappa shape index (κ1) is 13.9. The molecule has 3 atom stereocenters. The molecule has 0 bridgehead atoms. The molecular formula is C17H25NO2. The van der Waals surface area contributed by atoms with Gasteiger partial charge < -0.3 is 15.2 Å². The van der Waals surface area contributed by atoms with Gasteiger partial charge in [0.2, 0.25) is 0 Å². The highest BCUT2D eigenvalue weighted by Gasteiger charge is 2.29. The van der Waals surface area contributed by atoms with Crippen LogP contribution in [0.15, 0.2) is 18.2 Å². The summed E-state index contributed by atoms with van der Waals surface area (Å²) in [6, 6.07) is 6.61. The molecular weight excluding hydrogens is 250 g/mol. The van der Waals surface area contributed by atoms with E-state index in [9.17, 15) is 5.11 Å². The molecule has 110 valence electrons. The maximum absolute atomic E-state index is 9.76. The van der Waals surface area contributed by atoms with Crippen molar-refractivity contribution in [2.75, 3.05) is 6.61 Å². The molecule has 2 aliphatic rings. The number of ether oxygens (including phenoxy) is 1. The number of rotatable bonds is 4. The standard InChI is InChI=1S/C17H25NO2/c1-2-15(17-7-4-10-20-17)18-16-6-3-5-12-8-9-13(19)11-14(12)16/h8-9,11,15-19H,2-7,10H2,1H3/t15-,16-,17+/m0/s1. The zero-order chi connectivity index (χ0) is 13.9. The second kappa shape index (κ2) is 6.15. The van der Waals surface area contributed by atoms with Gasteiger partial charge in [0.05, 0.1) is 6.10 Å². The van der Waals surface area contributed by atoms with E-state index in [1.54, 1.807) is 6.07 Å². The molecule has 0 amide bonds. The molecule has 2 N–H and O–H groups in total. The van der Waals surface area contributed by atoms with E-state index in [1.807, 2.05) is 6.07 Å². The van der Waals surface area contributed by atoms with Gasteiger partial charge in [0.1, 0.15) is 5.75 Å². The van der Waals surface area contributed by atoms with Gasteiger partial charge in [-0.3, -0.25) is 0 Å². The van der Waals surface area contributed by atoms with E-state index in [-0.39, 0.29) is 0 Å². The summed E-state index contributed by atoms with van der Waals surface area (Å²) in [6.45, 7) is 3.14. The van der Waals surface area contributed by atoms with E-state index in [0.717, 1.165) is 25.9 Å². The summed E-state index contributed by atoms with van der Waals surface area (Å²) in [5.41, 5.74) is 2.67. The molecule has 3 rings (SSSR count). The van der Waals surface area contributed by atoms with Crippen LogP contribution >= 0.6 is 0 Å². The highest BCUT2D eigenvalue weighted by atomic mass is 16.5. The Hall–Kier alpha value is -1.06. The van der Waals surface area contributed by atoms with Crippen molar-refractivity contribution in [3.63, 3.8) is 0 Å². The first-order valence-corrected chi connectivity index (χ1v) is 7.97. The lowest BCUT2D eigenvalue weighted by Crippen LogP contribution is -2.42. The van der Waals surface area contributed by atoms with E-state index < -0.39 is 0 Å². The first-order valence-electron chi connectivity index (χ1n) is 7.97. The molecule has 1 fully saturated rings. The minimum atomic E-state index is 0.361. The lowest BCUT2D eigenvalue weighted by atomic mass is 9.86. The second-order valence-corrected chi connectivity index (χ2v) is 6.06. The summed E-state index contributed by atoms with van der Waals surface area (Å²) >= 11 is 0. The van der Waals surface area contributed by atoms with Crippen molar-refractivity contribution in [1.82, 2.24) is 5.32 Å². The lowest BCUT2D eigenvalue weighted by molar-refractivity contribution is 0.0717. The van der Waals surface area contributed by atoms with Crippen LogP contribution in [0.4, 0.5) is 0 Å². The van der Waals surface area contributed by atoms with E-state index >= 15 is 0 Å². The Morgan fingerprint density at radius 2 is 2.25 bits per heavy atom. The second-order valence-electron chi connectivity index (χ2n) is 6.06. The maximum Gasteiger partial charge on any atom is 0.115 e. The summed E-state index contributed by atoms with van der Waals surface area (Å²) < 4.78 is 5.85. The van der Waals surface area contributed by atoms with Gasteiger partial charge in [-0.1, -0.05) is 13.0 Å². The third-order valence-corrected chi connectivity index (χ3v) is 4.71. The Labute approximate surface area is 121 Å². The molecule has 0 radical (unpaired) electrons. The molecule has 1 heterocycles. The SMILES string of the molecule is CC[C@H](N[C@H]1CCCc2ccc(O)cc21)[C@H]1CCCO1. The Balaban J connectivity index is 1.76. The molecule has 1 aromatic rings. The molecule has 1 aliphatic carbocycles. The molecule has 1 aromatic carbocycles. The molecule has 3 nitrogen and oxygen atoms in total. The third kappa shape index (κ3) is 2.84. The quantitative estimate of drug-likeness (QED) is 0.885. The fourth-order valence-corrected chi connectivity index (χ4v) is 3.63. The van der Waals surface area contributed by atoms with Crippen LogP contribution in [0.25, 0.3) is 0 Å². The molecule has 0 saturated carbocycles. The van der Waals surface area contributed by atoms with Gasteiger partial charge in [-0.15, -0.1) is 0 Å². The van der Waals surface area contributed by atoms with Crippen molar-refractivity contribution < 1.29 is 9.84 Å². The topological polar surface area (TPSA) is 41.5 Å². The molecule has 20 heavy (non-hydrogen) atoms. The number of hydrogen-bond donors (Lipinski definition) is 2. The fraction of sp³-hybridized carbons (Fsp3) is 0.647. The highest BCUT2D eigenvalue weighted by molar-refractivity contribution is 5.38. The van der Waals surface area contributed by atoms with Crippen LogP contribution in [0.1, 0.15) is 56.2 Å². The van der Waals surface area contributed by atoms with Crippen LogP contribution in [0.2, 0.25) is 0 Å². The van der Waals surface area contributed by atoms with Gasteiger partial charge in [-0.25, -0.2) is 0 Å². The van der Waals surface area contributed by atoms with Crippen molar-refractivity contribution in [3.8, 4) is 5.75 Å². The predicted octanol–water partition coefficient (Wildman–Crippen LogP) is 3.32. The van der Waals surface area contributed by atoms with Crippen LogP contribution in [0.5, 0.6) is 5.75 Å². The largest absolute Gasteiger partial charge is 0.508 e. The minimum Gasteiger partial charge on any atom is -0.508 e. The zero-order valence-corrected chi connectivity index (χ0v) is 12.3. The van der Waals surface area contributed by atoms with Crippen LogP contribution < -0.4 is 5.32 Å². The minimum absolute atomic E-state index is 0.361. The first-order chi connectivity index (χ1) is 9.78. The molecule has 1 saturated heterocycles. The Morgan fingerprint density at radius 3 is 3.00 bits per heavy atom. The molecule has 3 heteroatoms. The van der Waals surface area contributed by atoms with Gasteiger partial charge in [0, 0.05) is 18.7 Å². The normalized spacial score (nSPS) is 27.2. The van der Waals surface area contributed by atoms with Crippen LogP contribution in [0.3, 0.4) is 0 Å². The monoisotopic (exact) mass is 275 g/mol. The number of fused-ring (bicyclic) bond motifs is 1. The molecule has 0 unspecified atom stereocenters. The van der Waals surface area contributed by atoms with Gasteiger partial charge in [-0.05, 0) is 61.8 Å². The zero-order valence-electron chi connectivity index (χ0n) is 12.3. The Kier molecular flexibility index (Phi) is 4.27. The number of phenols is 1. The highest BCUT2D eigenvalue weighted by Crippen LogP contribution is 2.33. The van der Waals surface area contributed by atoms with Crippen molar-refractivity contribution in [1.29, 1.82) is 0 Å². The summed E-state index contributed by atoms with van der Waals surface area (Å²) in [4.78, 5) is 0. The van der Waals surface area contributed by atoms with Gasteiger partial charge in [0.25, 0.3) is 0 Å². The van der Waals surface area contributed by atoms with Crippen LogP contribution in [-0.4, -0.2) is 23.9 Å². The van der Waals surface area contributed by atoms with E-state index in [0.29, 0.717) is 23.9 Å². The summed E-state index contributed by atoms with van der Waals surface area (Å²) in [5.74, 6) is 0.377. The van der Waals surface area contributed by atoms with Crippen molar-refractivity contribution in [3.05, 3.63) is 29.3 Å². The molecule has 0 spiro atoms. The van der Waals surface area contributed by atoms with Crippen molar-refractivity contribution in [2.45, 2.75) is 63.6 Å². The Morgan fingerprint density at radius 1 is 1.35 bits per heavy atom. The van der Waals surface area contributed by atoms with Crippen molar-refractivity contribution >= 4 is 0 Å². The van der Waals surface area contributed by atoms with Gasteiger partial charge in [-0.2, -0.15) is 0 Å². The number of aromatic hydroxyl groups is 1. The summed E-state index contributed by atoms with van der Waals surface area (Å²) in [7, 11) is 0. The number of nitrogens with one attached hydrogen (secondary N) is 1. The van der Waals surface area contributed by atoms with E-state index in [2.05, 4.69) is 18.3 Å². The number of phenolic OH excluding ortho intramolecular Hbond substituents is 1. The number of aryl methyl sites for hydroxylation is 1. The lowest BCUT2D eigenvalue weighted by Gasteiger charge is -2.32. The summed E-state index contributed by atoms with van der Waals surface area (Å²) in [5, 5.41) is 13.6. The average Bonchev–Trinajstić information content (AvgIpc) is 2.99. The van der Waals surface area contributed by atoms with Crippen LogP contribution in [-0.2, 0) is 11.2 Å². The maximum atomic E-state index is 9.76. The number of benzene rings is 1. The molecule has 0 aromatic heterocycles. The number of hydrogen-bond acceptors (Lipinski definition) is 3.